The number of benzene rings is 2. The molecular weight excluding hydrogens is 340 g/mol. The van der Waals surface area contributed by atoms with Crippen LogP contribution in [0.25, 0.3) is 0 Å². The second-order valence-electron chi connectivity index (χ2n) is 6.05. The van der Waals surface area contributed by atoms with Crippen molar-refractivity contribution in [3.05, 3.63) is 59.2 Å². The maximum Gasteiger partial charge on any atom is 0.255 e. The lowest BCUT2D eigenvalue weighted by atomic mass is 10.1. The lowest BCUT2D eigenvalue weighted by Gasteiger charge is -2.16. The Bertz CT molecular complexity index is 967. The molecule has 7 heteroatoms. The second-order valence-corrected chi connectivity index (χ2v) is 7.98. The first-order chi connectivity index (χ1) is 11.8. The van der Waals surface area contributed by atoms with Gasteiger partial charge < -0.3 is 5.32 Å². The number of hydrogen-bond donors (Lipinski definition) is 1. The number of carbonyl (C=O) groups is 2. The number of carbonyl (C=O) groups excluding carboxylic acids is 2. The van der Waals surface area contributed by atoms with Gasteiger partial charge in [0.05, 0.1) is 11.4 Å². The summed E-state index contributed by atoms with van der Waals surface area (Å²) in [6, 6.07) is 11.7. The lowest BCUT2D eigenvalue weighted by molar-refractivity contribution is -0.116. The first-order valence-corrected chi connectivity index (χ1v) is 9.43. The molecule has 6 nitrogen and oxygen atoms in total. The van der Waals surface area contributed by atoms with Crippen molar-refractivity contribution in [2.24, 2.45) is 0 Å². The molecule has 0 atom stereocenters. The molecule has 3 rings (SSSR count). The molecule has 1 aliphatic rings. The zero-order chi connectivity index (χ0) is 18.2. The maximum absolute atomic E-state index is 12.5. The molecule has 1 aliphatic heterocycles. The van der Waals surface area contributed by atoms with Crippen molar-refractivity contribution >= 4 is 33.2 Å². The number of nitrogens with one attached hydrogen (secondary N) is 1. The van der Waals surface area contributed by atoms with Gasteiger partial charge in [-0.15, -0.1) is 0 Å². The second kappa shape index (κ2) is 6.33. The van der Waals surface area contributed by atoms with Crippen LogP contribution in [0.2, 0.25) is 0 Å². The predicted molar refractivity (Wildman–Crippen MR) is 96.2 cm³/mol. The van der Waals surface area contributed by atoms with E-state index in [2.05, 4.69) is 5.32 Å². The average molecular weight is 358 g/mol. The molecule has 2 amide bonds. The summed E-state index contributed by atoms with van der Waals surface area (Å²) in [5.74, 6) is -1.05. The third-order valence-corrected chi connectivity index (χ3v) is 5.74. The fraction of sp³-hybridized carbons (Fsp3) is 0.222. The normalized spacial score (nSPS) is 16.1. The highest BCUT2D eigenvalue weighted by Crippen LogP contribution is 2.26. The molecule has 0 radical (unpaired) electrons. The highest BCUT2D eigenvalue weighted by molar-refractivity contribution is 7.94. The van der Waals surface area contributed by atoms with Crippen LogP contribution in [0.15, 0.2) is 42.5 Å². The van der Waals surface area contributed by atoms with Gasteiger partial charge in [0.2, 0.25) is 15.9 Å². The van der Waals surface area contributed by atoms with Crippen molar-refractivity contribution in [1.82, 2.24) is 0 Å². The Morgan fingerprint density at radius 1 is 1.12 bits per heavy atom. The van der Waals surface area contributed by atoms with Crippen LogP contribution < -0.4 is 9.62 Å². The van der Waals surface area contributed by atoms with Gasteiger partial charge in [-0.05, 0) is 43.7 Å². The molecule has 1 N–H and O–H groups in total. The number of hydrogen-bond acceptors (Lipinski definition) is 4. The van der Waals surface area contributed by atoms with E-state index in [1.807, 2.05) is 32.0 Å². The van der Waals surface area contributed by atoms with E-state index in [9.17, 15) is 18.0 Å². The van der Waals surface area contributed by atoms with Crippen molar-refractivity contribution in [2.45, 2.75) is 20.3 Å². The predicted octanol–water partition coefficient (Wildman–Crippen LogP) is 2.62. The summed E-state index contributed by atoms with van der Waals surface area (Å²) in [6.07, 6.45) is -0.0404. The molecule has 0 bridgehead atoms. The van der Waals surface area contributed by atoms with Crippen LogP contribution in [-0.2, 0) is 14.8 Å². The molecule has 0 aliphatic carbocycles. The Morgan fingerprint density at radius 2 is 1.88 bits per heavy atom. The molecule has 0 aromatic heterocycles. The highest BCUT2D eigenvalue weighted by Gasteiger charge is 2.36. The van der Waals surface area contributed by atoms with E-state index >= 15 is 0 Å². The summed E-state index contributed by atoms with van der Waals surface area (Å²) in [4.78, 5) is 24.4. The fourth-order valence-corrected chi connectivity index (χ4v) is 4.24. The van der Waals surface area contributed by atoms with Crippen LogP contribution in [-0.4, -0.2) is 26.0 Å². The zero-order valence-corrected chi connectivity index (χ0v) is 14.8. The summed E-state index contributed by atoms with van der Waals surface area (Å²) in [5, 5.41) is 2.81. The summed E-state index contributed by atoms with van der Waals surface area (Å²) in [5.41, 5.74) is 3.19. The molecule has 2 aromatic rings. The highest BCUT2D eigenvalue weighted by atomic mass is 32.2. The number of aryl methyl sites for hydroxylation is 2. The molecule has 130 valence electrons. The summed E-state index contributed by atoms with van der Waals surface area (Å²) < 4.78 is 24.8. The van der Waals surface area contributed by atoms with Crippen LogP contribution in [0.4, 0.5) is 11.4 Å². The molecule has 1 saturated heterocycles. The number of nitrogens with zero attached hydrogens (tertiary/aromatic N) is 1. The molecule has 0 unspecified atom stereocenters. The van der Waals surface area contributed by atoms with Crippen molar-refractivity contribution in [2.75, 3.05) is 15.4 Å². The number of anilines is 2. The van der Waals surface area contributed by atoms with E-state index in [1.165, 1.54) is 12.1 Å². The van der Waals surface area contributed by atoms with Crippen molar-refractivity contribution in [1.29, 1.82) is 0 Å². The molecule has 0 spiro atoms. The molecule has 2 aromatic carbocycles. The SMILES string of the molecule is Cc1ccc(NC(=O)c2cccc(N3C(=O)CCS3(=O)=O)c2)c(C)c1. The van der Waals surface area contributed by atoms with Gasteiger partial charge >= 0.3 is 0 Å². The Kier molecular flexibility index (Phi) is 4.34. The summed E-state index contributed by atoms with van der Waals surface area (Å²) in [7, 11) is -3.65. The molecule has 25 heavy (non-hydrogen) atoms. The molecule has 1 heterocycles. The third-order valence-electron chi connectivity index (χ3n) is 4.05. The monoisotopic (exact) mass is 358 g/mol. The van der Waals surface area contributed by atoms with Crippen LogP contribution in [0.3, 0.4) is 0 Å². The standard InChI is InChI=1S/C18H18N2O4S/c1-12-6-7-16(13(2)10-12)19-18(22)14-4-3-5-15(11-14)20-17(21)8-9-25(20,23)24/h3-7,10-11H,8-9H2,1-2H3,(H,19,22). The van der Waals surface area contributed by atoms with Crippen LogP contribution >= 0.6 is 0 Å². The van der Waals surface area contributed by atoms with E-state index in [-0.39, 0.29) is 29.3 Å². The van der Waals surface area contributed by atoms with Crippen molar-refractivity contribution < 1.29 is 18.0 Å². The topological polar surface area (TPSA) is 83.6 Å². The Morgan fingerprint density at radius 3 is 2.52 bits per heavy atom. The maximum atomic E-state index is 12.5. The Hall–Kier alpha value is -2.67. The largest absolute Gasteiger partial charge is 0.322 e. The van der Waals surface area contributed by atoms with Crippen LogP contribution in [0, 0.1) is 13.8 Å². The van der Waals surface area contributed by atoms with Crippen molar-refractivity contribution in [3.63, 3.8) is 0 Å². The van der Waals surface area contributed by atoms with E-state index in [4.69, 9.17) is 0 Å². The first kappa shape index (κ1) is 17.2. The summed E-state index contributed by atoms with van der Waals surface area (Å²) >= 11 is 0. The first-order valence-electron chi connectivity index (χ1n) is 7.82. The minimum absolute atomic E-state index is 0.0404. The van der Waals surface area contributed by atoms with E-state index in [0.717, 1.165) is 15.4 Å². The average Bonchev–Trinajstić information content (AvgIpc) is 2.83. The van der Waals surface area contributed by atoms with Gasteiger partial charge in [-0.1, -0.05) is 23.8 Å². The van der Waals surface area contributed by atoms with Gasteiger partial charge in [-0.25, -0.2) is 12.7 Å². The van der Waals surface area contributed by atoms with E-state index in [1.54, 1.807) is 12.1 Å². The number of amides is 2. The smallest absolute Gasteiger partial charge is 0.255 e. The van der Waals surface area contributed by atoms with Crippen LogP contribution in [0.5, 0.6) is 0 Å². The van der Waals surface area contributed by atoms with E-state index < -0.39 is 15.9 Å². The van der Waals surface area contributed by atoms with Crippen molar-refractivity contribution in [3.8, 4) is 0 Å². The van der Waals surface area contributed by atoms with Gasteiger partial charge in [-0.3, -0.25) is 9.59 Å². The Balaban J connectivity index is 1.89. The van der Waals surface area contributed by atoms with Gasteiger partial charge in [0.25, 0.3) is 5.91 Å². The molecule has 0 saturated carbocycles. The lowest BCUT2D eigenvalue weighted by Crippen LogP contribution is -2.29. The minimum atomic E-state index is -3.65. The third kappa shape index (κ3) is 3.41. The van der Waals surface area contributed by atoms with Crippen LogP contribution in [0.1, 0.15) is 27.9 Å². The molecular formula is C18H18N2O4S. The van der Waals surface area contributed by atoms with Gasteiger partial charge in [0.1, 0.15) is 0 Å². The minimum Gasteiger partial charge on any atom is -0.322 e. The Labute approximate surface area is 146 Å². The van der Waals surface area contributed by atoms with Gasteiger partial charge in [-0.2, -0.15) is 0 Å². The quantitative estimate of drug-likeness (QED) is 0.914. The summed E-state index contributed by atoms with van der Waals surface area (Å²) in [6.45, 7) is 3.87. The fourth-order valence-electron chi connectivity index (χ4n) is 2.79. The zero-order valence-electron chi connectivity index (χ0n) is 13.9. The number of sulfonamides is 1. The molecule has 1 fully saturated rings. The number of rotatable bonds is 3. The van der Waals surface area contributed by atoms with Gasteiger partial charge in [0, 0.05) is 17.7 Å². The van der Waals surface area contributed by atoms with Gasteiger partial charge in [0.15, 0.2) is 0 Å². The van der Waals surface area contributed by atoms with E-state index in [0.29, 0.717) is 5.69 Å².